The number of halogens is 2. The monoisotopic (exact) mass is 216 g/mol. The molecule has 4 heteroatoms. The predicted octanol–water partition coefficient (Wildman–Crippen LogP) is 2.86. The smallest absolute Gasteiger partial charge is 0.267 e. The quantitative estimate of drug-likeness (QED) is 0.841. The number of alkyl halides is 2. The first kappa shape index (κ1) is 11.9. The average molecular weight is 216 g/mol. The molecule has 1 rings (SSSR count). The summed E-state index contributed by atoms with van der Waals surface area (Å²) >= 11 is 0. The Hall–Kier alpha value is -1.16. The highest BCUT2D eigenvalue weighted by Gasteiger charge is 2.25. The van der Waals surface area contributed by atoms with Gasteiger partial charge in [-0.25, -0.2) is 8.78 Å². The number of aliphatic hydroxyl groups is 1. The molecule has 0 amide bonds. The van der Waals surface area contributed by atoms with Gasteiger partial charge in [0, 0.05) is 5.56 Å². The highest BCUT2D eigenvalue weighted by atomic mass is 19.3. The first-order valence-corrected chi connectivity index (χ1v) is 4.56. The van der Waals surface area contributed by atoms with Gasteiger partial charge in [0.05, 0.1) is 18.3 Å². The summed E-state index contributed by atoms with van der Waals surface area (Å²) in [6.45, 7) is 3.06. The Labute approximate surface area is 87.5 Å². The van der Waals surface area contributed by atoms with Crippen molar-refractivity contribution in [1.82, 2.24) is 0 Å². The van der Waals surface area contributed by atoms with E-state index in [1.807, 2.05) is 0 Å². The Morgan fingerprint density at radius 2 is 1.93 bits per heavy atom. The van der Waals surface area contributed by atoms with Gasteiger partial charge in [-0.2, -0.15) is 0 Å². The van der Waals surface area contributed by atoms with Crippen molar-refractivity contribution in [2.75, 3.05) is 7.11 Å². The molecule has 0 fully saturated rings. The van der Waals surface area contributed by atoms with E-state index in [4.69, 9.17) is 4.74 Å². The zero-order chi connectivity index (χ0) is 11.6. The maximum absolute atomic E-state index is 12.6. The normalized spacial score (nSPS) is 11.9. The standard InChI is InChI=1S/C11H14F2O2/c1-11(2,14)8-6-4-5-7(10(12)13)9(8)15-3/h4-6,10,14H,1-3H3. The molecule has 1 aromatic carbocycles. The van der Waals surface area contributed by atoms with Gasteiger partial charge in [-0.15, -0.1) is 0 Å². The molecule has 0 bridgehead atoms. The van der Waals surface area contributed by atoms with Gasteiger partial charge in [0.15, 0.2) is 0 Å². The molecule has 0 spiro atoms. The van der Waals surface area contributed by atoms with Crippen LogP contribution in [0, 0.1) is 0 Å². The van der Waals surface area contributed by atoms with Crippen molar-refractivity contribution >= 4 is 0 Å². The Kier molecular flexibility index (Phi) is 3.29. The number of ether oxygens (including phenoxy) is 1. The van der Waals surface area contributed by atoms with Gasteiger partial charge in [-0.1, -0.05) is 12.1 Å². The fourth-order valence-corrected chi connectivity index (χ4v) is 1.44. The molecule has 15 heavy (non-hydrogen) atoms. The zero-order valence-corrected chi connectivity index (χ0v) is 8.92. The van der Waals surface area contributed by atoms with Crippen LogP contribution < -0.4 is 4.74 Å². The topological polar surface area (TPSA) is 29.5 Å². The van der Waals surface area contributed by atoms with Crippen LogP contribution >= 0.6 is 0 Å². The van der Waals surface area contributed by atoms with Gasteiger partial charge in [0.2, 0.25) is 0 Å². The molecule has 0 atom stereocenters. The summed E-state index contributed by atoms with van der Waals surface area (Å²) in [5.74, 6) is 0.0556. The van der Waals surface area contributed by atoms with Gasteiger partial charge >= 0.3 is 0 Å². The molecule has 0 aromatic heterocycles. The molecule has 1 aromatic rings. The third kappa shape index (κ3) is 2.45. The molecule has 0 radical (unpaired) electrons. The number of methoxy groups -OCH3 is 1. The first-order chi connectivity index (χ1) is 6.88. The van der Waals surface area contributed by atoms with E-state index in [1.54, 1.807) is 6.07 Å². The maximum atomic E-state index is 12.6. The van der Waals surface area contributed by atoms with Crippen LogP contribution in [0.3, 0.4) is 0 Å². The third-order valence-electron chi connectivity index (χ3n) is 2.14. The van der Waals surface area contributed by atoms with E-state index in [2.05, 4.69) is 0 Å². The molecule has 0 aliphatic carbocycles. The van der Waals surface area contributed by atoms with Crippen molar-refractivity contribution in [1.29, 1.82) is 0 Å². The van der Waals surface area contributed by atoms with E-state index in [0.717, 1.165) is 0 Å². The minimum atomic E-state index is -2.61. The van der Waals surface area contributed by atoms with Crippen LogP contribution in [0.15, 0.2) is 18.2 Å². The number of hydrogen-bond donors (Lipinski definition) is 1. The zero-order valence-electron chi connectivity index (χ0n) is 8.92. The summed E-state index contributed by atoms with van der Waals surface area (Å²) in [5, 5.41) is 9.78. The molecule has 0 aliphatic heterocycles. The van der Waals surface area contributed by atoms with Crippen LogP contribution in [-0.4, -0.2) is 12.2 Å². The Bertz CT molecular complexity index is 343. The summed E-state index contributed by atoms with van der Waals surface area (Å²) < 4.78 is 30.2. The van der Waals surface area contributed by atoms with Crippen LogP contribution in [0.1, 0.15) is 31.4 Å². The lowest BCUT2D eigenvalue weighted by Gasteiger charge is -2.22. The Morgan fingerprint density at radius 1 is 1.33 bits per heavy atom. The second-order valence-electron chi connectivity index (χ2n) is 3.79. The molecular weight excluding hydrogens is 202 g/mol. The van der Waals surface area contributed by atoms with E-state index < -0.39 is 12.0 Å². The van der Waals surface area contributed by atoms with Gasteiger partial charge < -0.3 is 9.84 Å². The summed E-state index contributed by atoms with van der Waals surface area (Å²) in [6, 6.07) is 4.35. The Balaban J connectivity index is 3.35. The van der Waals surface area contributed by atoms with Gasteiger partial charge in [0.25, 0.3) is 6.43 Å². The van der Waals surface area contributed by atoms with Gasteiger partial charge in [-0.3, -0.25) is 0 Å². The van der Waals surface area contributed by atoms with Crippen molar-refractivity contribution in [2.45, 2.75) is 25.9 Å². The molecule has 0 aliphatic rings. The molecule has 84 valence electrons. The lowest BCUT2D eigenvalue weighted by Crippen LogP contribution is -2.17. The van der Waals surface area contributed by atoms with Crippen LogP contribution in [-0.2, 0) is 5.60 Å². The molecule has 0 heterocycles. The van der Waals surface area contributed by atoms with Crippen molar-refractivity contribution < 1.29 is 18.6 Å². The molecule has 2 nitrogen and oxygen atoms in total. The van der Waals surface area contributed by atoms with E-state index in [1.165, 1.54) is 33.1 Å². The summed E-state index contributed by atoms with van der Waals surface area (Å²) in [4.78, 5) is 0. The van der Waals surface area contributed by atoms with E-state index in [9.17, 15) is 13.9 Å². The fraction of sp³-hybridized carbons (Fsp3) is 0.455. The van der Waals surface area contributed by atoms with Crippen molar-refractivity contribution in [3.63, 3.8) is 0 Å². The molecular formula is C11H14F2O2. The molecule has 0 saturated carbocycles. The highest BCUT2D eigenvalue weighted by Crippen LogP contribution is 2.36. The van der Waals surface area contributed by atoms with Crippen LogP contribution in [0.2, 0.25) is 0 Å². The van der Waals surface area contributed by atoms with Crippen LogP contribution in [0.4, 0.5) is 8.78 Å². The average Bonchev–Trinajstić information content (AvgIpc) is 2.15. The van der Waals surface area contributed by atoms with E-state index in [0.29, 0.717) is 5.56 Å². The molecule has 0 saturated heterocycles. The lowest BCUT2D eigenvalue weighted by atomic mass is 9.95. The second-order valence-corrected chi connectivity index (χ2v) is 3.79. The largest absolute Gasteiger partial charge is 0.496 e. The van der Waals surface area contributed by atoms with Crippen molar-refractivity contribution in [3.8, 4) is 5.75 Å². The van der Waals surface area contributed by atoms with Crippen molar-refractivity contribution in [3.05, 3.63) is 29.3 Å². The number of para-hydroxylation sites is 1. The SMILES string of the molecule is COc1c(C(F)F)cccc1C(C)(C)O. The predicted molar refractivity (Wildman–Crippen MR) is 53.2 cm³/mol. The van der Waals surface area contributed by atoms with E-state index >= 15 is 0 Å². The highest BCUT2D eigenvalue weighted by molar-refractivity contribution is 5.44. The minimum Gasteiger partial charge on any atom is -0.496 e. The molecule has 1 N–H and O–H groups in total. The minimum absolute atomic E-state index is 0.0556. The number of hydrogen-bond acceptors (Lipinski definition) is 2. The summed E-state index contributed by atoms with van der Waals surface area (Å²) in [5.41, 5.74) is -1.03. The van der Waals surface area contributed by atoms with Gasteiger partial charge in [-0.05, 0) is 19.9 Å². The second kappa shape index (κ2) is 4.14. The third-order valence-corrected chi connectivity index (χ3v) is 2.14. The van der Waals surface area contributed by atoms with Crippen LogP contribution in [0.25, 0.3) is 0 Å². The number of benzene rings is 1. The maximum Gasteiger partial charge on any atom is 0.267 e. The van der Waals surface area contributed by atoms with Gasteiger partial charge in [0.1, 0.15) is 5.75 Å². The first-order valence-electron chi connectivity index (χ1n) is 4.56. The fourth-order valence-electron chi connectivity index (χ4n) is 1.44. The van der Waals surface area contributed by atoms with Crippen molar-refractivity contribution in [2.24, 2.45) is 0 Å². The van der Waals surface area contributed by atoms with E-state index in [-0.39, 0.29) is 11.3 Å². The number of rotatable bonds is 3. The summed E-state index contributed by atoms with van der Waals surface area (Å²) in [6.07, 6.45) is -2.61. The van der Waals surface area contributed by atoms with Crippen LogP contribution in [0.5, 0.6) is 5.75 Å². The Morgan fingerprint density at radius 3 is 2.33 bits per heavy atom. The summed E-state index contributed by atoms with van der Waals surface area (Å²) in [7, 11) is 1.32. The molecule has 0 unspecified atom stereocenters. The lowest BCUT2D eigenvalue weighted by molar-refractivity contribution is 0.0744.